The highest BCUT2D eigenvalue weighted by molar-refractivity contribution is 5.92. The lowest BCUT2D eigenvalue weighted by Gasteiger charge is -2.51. The van der Waals surface area contributed by atoms with E-state index in [2.05, 4.69) is 0 Å². The fraction of sp³-hybridized carbons (Fsp3) is 0.481. The molecular weight excluding hydrogens is 587 g/mol. The summed E-state index contributed by atoms with van der Waals surface area (Å²) in [4.78, 5) is 27.1. The summed E-state index contributed by atoms with van der Waals surface area (Å²) in [7, 11) is 0.864. The first kappa shape index (κ1) is 32.9. The van der Waals surface area contributed by atoms with Crippen molar-refractivity contribution in [1.29, 1.82) is 0 Å². The molecule has 2 amide bonds. The van der Waals surface area contributed by atoms with Gasteiger partial charge in [0.2, 0.25) is 0 Å². The first-order valence-electron chi connectivity index (χ1n) is 12.7. The number of fused-ring (bicyclic) bond motifs is 1. The first-order valence-corrected chi connectivity index (χ1v) is 12.7. The summed E-state index contributed by atoms with van der Waals surface area (Å²) in [6.07, 6.45) is -19.5. The van der Waals surface area contributed by atoms with Crippen molar-refractivity contribution in [1.82, 2.24) is 4.90 Å². The second kappa shape index (κ2) is 11.9. The Bertz CT molecular complexity index is 1260. The van der Waals surface area contributed by atoms with Crippen molar-refractivity contribution in [2.75, 3.05) is 18.6 Å². The van der Waals surface area contributed by atoms with E-state index >= 15 is 0 Å². The number of benzene rings is 2. The van der Waals surface area contributed by atoms with Crippen molar-refractivity contribution in [2.45, 2.75) is 69.8 Å². The van der Waals surface area contributed by atoms with Crippen LogP contribution in [0.1, 0.15) is 61.4 Å². The van der Waals surface area contributed by atoms with Crippen molar-refractivity contribution in [3.8, 4) is 0 Å². The third-order valence-electron chi connectivity index (χ3n) is 7.01. The van der Waals surface area contributed by atoms with Gasteiger partial charge in [0.15, 0.2) is 0 Å². The van der Waals surface area contributed by atoms with E-state index in [9.17, 15) is 49.1 Å². The van der Waals surface area contributed by atoms with Crippen molar-refractivity contribution < 1.29 is 58.6 Å². The number of para-hydroxylation sites is 1. The number of methoxy groups -OCH3 is 1. The summed E-state index contributed by atoms with van der Waals surface area (Å²) in [6, 6.07) is 4.29. The minimum absolute atomic E-state index is 0.0207. The van der Waals surface area contributed by atoms with E-state index in [0.29, 0.717) is 28.4 Å². The van der Waals surface area contributed by atoms with Gasteiger partial charge in [-0.3, -0.25) is 9.80 Å². The maximum Gasteiger partial charge on any atom is 0.416 e. The number of hydrogen-bond acceptors (Lipinski definition) is 4. The molecule has 0 aliphatic carbocycles. The molecule has 0 unspecified atom stereocenters. The zero-order chi connectivity index (χ0) is 31.7. The molecule has 2 aromatic rings. The van der Waals surface area contributed by atoms with E-state index < -0.39 is 78.4 Å². The van der Waals surface area contributed by atoms with Crippen LogP contribution >= 0.6 is 0 Å². The van der Waals surface area contributed by atoms with Gasteiger partial charge in [-0.25, -0.2) is 9.59 Å². The van der Waals surface area contributed by atoms with Crippen molar-refractivity contribution in [2.24, 2.45) is 0 Å². The van der Waals surface area contributed by atoms with Crippen molar-refractivity contribution in [3.05, 3.63) is 64.7 Å². The van der Waals surface area contributed by atoms with Crippen LogP contribution in [0.4, 0.5) is 54.8 Å². The van der Waals surface area contributed by atoms with Gasteiger partial charge in [-0.05, 0) is 48.2 Å². The lowest BCUT2D eigenvalue weighted by molar-refractivity contribution is -0.194. The maximum absolute atomic E-state index is 14.9. The molecule has 1 aliphatic heterocycles. The Kier molecular flexibility index (Phi) is 9.32. The van der Waals surface area contributed by atoms with Gasteiger partial charge >= 0.3 is 30.7 Å². The van der Waals surface area contributed by atoms with E-state index in [-0.39, 0.29) is 23.9 Å². The Balaban J connectivity index is 2.25. The fourth-order valence-corrected chi connectivity index (χ4v) is 5.00. The van der Waals surface area contributed by atoms with Crippen LogP contribution < -0.4 is 4.90 Å². The van der Waals surface area contributed by atoms with Gasteiger partial charge in [0.1, 0.15) is 5.54 Å². The monoisotopic (exact) mass is 614 g/mol. The Morgan fingerprint density at radius 2 is 1.52 bits per heavy atom. The normalized spacial score (nSPS) is 19.2. The SMILES string of the molecule is CCCOC(=O)N1c2ccccc2[C@@H](N(Cc2cc(C(F)(F)F)cc(C(F)(F)F)c2)C(=O)OC)C[C@]1(CC)C(F)(F)F. The minimum Gasteiger partial charge on any atom is -0.453 e. The van der Waals surface area contributed by atoms with Crippen LogP contribution in [0.5, 0.6) is 0 Å². The summed E-state index contributed by atoms with van der Waals surface area (Å²) < 4.78 is 135. The molecular formula is C27H27F9N2O4. The highest BCUT2D eigenvalue weighted by Gasteiger charge is 2.63. The van der Waals surface area contributed by atoms with Crippen molar-refractivity contribution in [3.63, 3.8) is 0 Å². The minimum atomic E-state index is -5.20. The van der Waals surface area contributed by atoms with Crippen molar-refractivity contribution >= 4 is 17.9 Å². The zero-order valence-corrected chi connectivity index (χ0v) is 22.6. The van der Waals surface area contributed by atoms with Gasteiger partial charge in [-0.1, -0.05) is 32.0 Å². The van der Waals surface area contributed by atoms with Gasteiger partial charge < -0.3 is 9.47 Å². The van der Waals surface area contributed by atoms with Crippen LogP contribution in [0.2, 0.25) is 0 Å². The third kappa shape index (κ3) is 6.38. The molecule has 1 heterocycles. The molecule has 0 fully saturated rings. The molecule has 3 rings (SSSR count). The molecule has 0 saturated carbocycles. The molecule has 0 radical (unpaired) electrons. The summed E-state index contributed by atoms with van der Waals surface area (Å²) in [5.74, 6) is 0. The van der Waals surface area contributed by atoms with Gasteiger partial charge in [0.25, 0.3) is 0 Å². The number of nitrogens with zero attached hydrogens (tertiary/aromatic N) is 2. The van der Waals surface area contributed by atoms with Crippen LogP contribution in [-0.2, 0) is 28.4 Å². The third-order valence-corrected chi connectivity index (χ3v) is 7.01. The van der Waals surface area contributed by atoms with Crippen LogP contribution in [0, 0.1) is 0 Å². The summed E-state index contributed by atoms with van der Waals surface area (Å²) in [6.45, 7) is 1.63. The molecule has 6 nitrogen and oxygen atoms in total. The lowest BCUT2D eigenvalue weighted by Crippen LogP contribution is -2.65. The summed E-state index contributed by atoms with van der Waals surface area (Å²) in [5.41, 5.74) is -7.25. The number of amides is 2. The summed E-state index contributed by atoms with van der Waals surface area (Å²) in [5, 5.41) is 0. The van der Waals surface area contributed by atoms with E-state index in [0.717, 1.165) is 14.0 Å². The van der Waals surface area contributed by atoms with Gasteiger partial charge in [-0.2, -0.15) is 39.5 Å². The van der Waals surface area contributed by atoms with Crippen LogP contribution in [-0.4, -0.2) is 42.5 Å². The Morgan fingerprint density at radius 3 is 2.00 bits per heavy atom. The predicted molar refractivity (Wildman–Crippen MR) is 131 cm³/mol. The standard InChI is InChI=1S/C27H27F9N2O4/c1-4-10-42-23(40)38-20-9-7-6-8-19(20)21(14-24(38,5-2)27(34,35)36)37(22(39)41-3)15-16-11-17(25(28,29)30)13-18(12-16)26(31,32)33/h6-9,11-13,21H,4-5,10,14-15H2,1-3H3/t21-,24+/m0/s1. The number of hydrogen-bond donors (Lipinski definition) is 0. The number of rotatable bonds is 6. The zero-order valence-electron chi connectivity index (χ0n) is 22.6. The molecule has 0 aromatic heterocycles. The lowest BCUT2D eigenvalue weighted by atomic mass is 9.78. The molecule has 0 spiro atoms. The second-order valence-corrected chi connectivity index (χ2v) is 9.62. The van der Waals surface area contributed by atoms with E-state index in [1.165, 1.54) is 24.3 Å². The average molecular weight is 615 g/mol. The molecule has 42 heavy (non-hydrogen) atoms. The van der Waals surface area contributed by atoms with Gasteiger partial charge in [0.05, 0.1) is 36.6 Å². The van der Waals surface area contributed by atoms with E-state index in [1.807, 2.05) is 0 Å². The Labute approximate surface area is 235 Å². The van der Waals surface area contributed by atoms with Gasteiger partial charge in [0, 0.05) is 13.0 Å². The molecule has 15 heteroatoms. The van der Waals surface area contributed by atoms with E-state index in [1.54, 1.807) is 6.92 Å². The molecule has 2 aromatic carbocycles. The molecule has 232 valence electrons. The Morgan fingerprint density at radius 1 is 0.952 bits per heavy atom. The number of carbonyl (C=O) groups is 2. The Hall–Kier alpha value is -3.65. The number of halogens is 9. The topological polar surface area (TPSA) is 59.1 Å². The highest BCUT2D eigenvalue weighted by atomic mass is 19.4. The second-order valence-electron chi connectivity index (χ2n) is 9.62. The molecule has 2 atom stereocenters. The van der Waals surface area contributed by atoms with Gasteiger partial charge in [-0.15, -0.1) is 0 Å². The molecule has 0 N–H and O–H groups in total. The molecule has 1 aliphatic rings. The molecule has 0 saturated heterocycles. The fourth-order valence-electron chi connectivity index (χ4n) is 5.00. The average Bonchev–Trinajstić information content (AvgIpc) is 2.91. The largest absolute Gasteiger partial charge is 0.453 e. The highest BCUT2D eigenvalue weighted by Crippen LogP contribution is 2.53. The van der Waals surface area contributed by atoms with Crippen LogP contribution in [0.3, 0.4) is 0 Å². The predicted octanol–water partition coefficient (Wildman–Crippen LogP) is 8.50. The smallest absolute Gasteiger partial charge is 0.416 e. The number of ether oxygens (including phenoxy) is 2. The quantitative estimate of drug-likeness (QED) is 0.306. The number of carbonyl (C=O) groups excluding carboxylic acids is 2. The maximum atomic E-state index is 14.9. The van der Waals surface area contributed by atoms with Crippen LogP contribution in [0.25, 0.3) is 0 Å². The first-order chi connectivity index (χ1) is 19.4. The van der Waals surface area contributed by atoms with Crippen LogP contribution in [0.15, 0.2) is 42.5 Å². The number of alkyl halides is 9. The summed E-state index contributed by atoms with van der Waals surface area (Å²) >= 11 is 0. The molecule has 0 bridgehead atoms. The number of anilines is 1. The van der Waals surface area contributed by atoms with E-state index in [4.69, 9.17) is 9.47 Å².